The van der Waals surface area contributed by atoms with E-state index in [-0.39, 0.29) is 7.87 Å². The van der Waals surface area contributed by atoms with Crippen molar-refractivity contribution in [2.75, 3.05) is 14.2 Å². The molecule has 4 rings (SSSR count). The van der Waals surface area contributed by atoms with Crippen LogP contribution in [0.2, 0.25) is 7.87 Å². The van der Waals surface area contributed by atoms with E-state index in [1.165, 1.54) is 22.3 Å². The van der Waals surface area contributed by atoms with Crippen molar-refractivity contribution in [2.45, 2.75) is 20.7 Å². The summed E-state index contributed by atoms with van der Waals surface area (Å²) in [4.78, 5) is 0. The molecule has 2 aromatic rings. The van der Waals surface area contributed by atoms with Crippen LogP contribution in [0, 0.1) is 0 Å². The summed E-state index contributed by atoms with van der Waals surface area (Å²) in [5.74, 6) is 1.75. The first kappa shape index (κ1) is 22.6. The van der Waals surface area contributed by atoms with Crippen molar-refractivity contribution in [3.63, 3.8) is 0 Å². The van der Waals surface area contributed by atoms with Crippen LogP contribution in [-0.2, 0) is 12.8 Å². The second-order valence-corrected chi connectivity index (χ2v) is 25.3. The normalized spacial score (nSPS) is 20.0. The summed E-state index contributed by atoms with van der Waals surface area (Å²) >= 11 is -3.47. The third-order valence-corrected chi connectivity index (χ3v) is 19.7. The van der Waals surface area contributed by atoms with Crippen LogP contribution in [0.3, 0.4) is 0 Å². The Morgan fingerprint density at radius 2 is 1.06 bits per heavy atom. The van der Waals surface area contributed by atoms with E-state index in [1.54, 1.807) is 14.2 Å². The molecule has 0 aromatic heterocycles. The molecule has 0 bridgehead atoms. The zero-order valence-electron chi connectivity index (χ0n) is 17.7. The topological polar surface area (TPSA) is 18.5 Å². The van der Waals surface area contributed by atoms with Crippen molar-refractivity contribution in [3.05, 3.63) is 107 Å². The number of hydrogen-bond acceptors (Lipinski definition) is 2. The van der Waals surface area contributed by atoms with Crippen LogP contribution < -0.4 is 9.47 Å². The summed E-state index contributed by atoms with van der Waals surface area (Å²) in [5.41, 5.74) is 5.07. The number of ether oxygens (including phenoxy) is 2. The van der Waals surface area contributed by atoms with Crippen LogP contribution in [0.4, 0.5) is 0 Å². The van der Waals surface area contributed by atoms with Gasteiger partial charge in [-0.1, -0.05) is 0 Å². The number of halogens is 2. The third kappa shape index (κ3) is 5.42. The van der Waals surface area contributed by atoms with Crippen molar-refractivity contribution in [1.29, 1.82) is 0 Å². The van der Waals surface area contributed by atoms with E-state index >= 15 is 0 Å². The van der Waals surface area contributed by atoms with Crippen molar-refractivity contribution in [3.8, 4) is 11.5 Å². The summed E-state index contributed by atoms with van der Waals surface area (Å²) in [7, 11) is 17.6. The standard InChI is InChI=1S/2C13H13O.2ClH.Sn/c2*1-14-13-8-6-12(7-9-13)10-11-4-2-3-5-11;;;/h2*2-9H,10H2,1H3;2*1H;/q;;;;+2/p-2. The molecule has 0 spiro atoms. The molecular formula is C26H26Cl2O2Sn. The number of allylic oxidation sites excluding steroid dienone is 8. The van der Waals surface area contributed by atoms with Crippen LogP contribution in [-0.4, -0.2) is 30.3 Å². The molecule has 5 heteroatoms. The molecule has 2 aliphatic carbocycles. The Kier molecular flexibility index (Phi) is 7.20. The zero-order valence-corrected chi connectivity index (χ0v) is 22.1. The van der Waals surface area contributed by atoms with E-state index in [1.807, 2.05) is 24.3 Å². The minimum absolute atomic E-state index is 0.178. The molecule has 2 nitrogen and oxygen atoms in total. The van der Waals surface area contributed by atoms with Crippen LogP contribution in [0.25, 0.3) is 0 Å². The van der Waals surface area contributed by atoms with Gasteiger partial charge in [-0.2, -0.15) is 0 Å². The van der Waals surface area contributed by atoms with Gasteiger partial charge in [0.05, 0.1) is 0 Å². The van der Waals surface area contributed by atoms with Crippen molar-refractivity contribution >= 4 is 34.0 Å². The minimum atomic E-state index is -3.47. The first-order valence-electron chi connectivity index (χ1n) is 10.4. The molecule has 2 atom stereocenters. The molecule has 0 heterocycles. The van der Waals surface area contributed by atoms with Gasteiger partial charge in [0.25, 0.3) is 0 Å². The molecule has 2 aromatic carbocycles. The molecule has 0 saturated heterocycles. The summed E-state index contributed by atoms with van der Waals surface area (Å²) in [6.07, 6.45) is 15.1. The van der Waals surface area contributed by atoms with Gasteiger partial charge < -0.3 is 0 Å². The quantitative estimate of drug-likeness (QED) is 0.320. The SMILES string of the molecule is COc1ccc(CC2=C[CH]([Sn]([Cl])([Cl])[CH]3C=CC(Cc4ccc(OC)cc4)=C3)C=C2)cc1. The monoisotopic (exact) mass is 560 g/mol. The Bertz CT molecular complexity index is 951. The van der Waals surface area contributed by atoms with Crippen molar-refractivity contribution < 1.29 is 9.47 Å². The maximum atomic E-state index is 7.12. The van der Waals surface area contributed by atoms with Crippen LogP contribution >= 0.6 is 17.8 Å². The molecule has 2 unspecified atom stereocenters. The average molecular weight is 560 g/mol. The summed E-state index contributed by atoms with van der Waals surface area (Å²) in [6, 6.07) is 16.4. The predicted octanol–water partition coefficient (Wildman–Crippen LogP) is 7.14. The van der Waals surface area contributed by atoms with E-state index in [4.69, 9.17) is 27.3 Å². The number of rotatable bonds is 8. The Morgan fingerprint density at radius 1 is 0.677 bits per heavy atom. The Labute approximate surface area is 196 Å². The zero-order chi connectivity index (χ0) is 21.8. The molecular weight excluding hydrogens is 534 g/mol. The Balaban J connectivity index is 1.40. The van der Waals surface area contributed by atoms with E-state index < -0.39 is 16.1 Å². The third-order valence-electron chi connectivity index (χ3n) is 5.85. The Hall–Kier alpha value is -1.62. The molecule has 0 N–H and O–H groups in total. The summed E-state index contributed by atoms with van der Waals surface area (Å²) in [6.45, 7) is 0. The van der Waals surface area contributed by atoms with Gasteiger partial charge in [0.15, 0.2) is 0 Å². The fourth-order valence-corrected chi connectivity index (χ4v) is 13.4. The van der Waals surface area contributed by atoms with E-state index in [2.05, 4.69) is 60.7 Å². The Morgan fingerprint density at radius 3 is 1.42 bits per heavy atom. The number of hydrogen-bond donors (Lipinski definition) is 0. The van der Waals surface area contributed by atoms with E-state index in [0.29, 0.717) is 0 Å². The maximum absolute atomic E-state index is 7.12. The summed E-state index contributed by atoms with van der Waals surface area (Å²) < 4.78 is 10.8. The number of benzene rings is 2. The van der Waals surface area contributed by atoms with Gasteiger partial charge in [0, 0.05) is 0 Å². The fraction of sp³-hybridized carbons (Fsp3) is 0.231. The second kappa shape index (κ2) is 9.89. The van der Waals surface area contributed by atoms with E-state index in [0.717, 1.165) is 24.3 Å². The molecule has 0 saturated carbocycles. The molecule has 0 amide bonds. The van der Waals surface area contributed by atoms with Gasteiger partial charge >= 0.3 is 197 Å². The van der Waals surface area contributed by atoms with Gasteiger partial charge in [0.2, 0.25) is 0 Å². The van der Waals surface area contributed by atoms with Gasteiger partial charge in [-0.3, -0.25) is 0 Å². The molecule has 0 radical (unpaired) electrons. The fourth-order valence-electron chi connectivity index (χ4n) is 4.03. The van der Waals surface area contributed by atoms with Crippen LogP contribution in [0.15, 0.2) is 96.1 Å². The molecule has 0 aliphatic heterocycles. The molecule has 2 aliphatic rings. The van der Waals surface area contributed by atoms with Crippen molar-refractivity contribution in [2.24, 2.45) is 0 Å². The predicted molar refractivity (Wildman–Crippen MR) is 133 cm³/mol. The van der Waals surface area contributed by atoms with Gasteiger partial charge in [-0.25, -0.2) is 0 Å². The molecule has 160 valence electrons. The summed E-state index contributed by atoms with van der Waals surface area (Å²) in [5, 5.41) is 0. The molecule has 0 fully saturated rings. The van der Waals surface area contributed by atoms with Crippen LogP contribution in [0.1, 0.15) is 11.1 Å². The van der Waals surface area contributed by atoms with Crippen LogP contribution in [0.5, 0.6) is 11.5 Å². The van der Waals surface area contributed by atoms with Gasteiger partial charge in [0.1, 0.15) is 0 Å². The average Bonchev–Trinajstić information content (AvgIpc) is 3.45. The first-order chi connectivity index (χ1) is 15.0. The number of methoxy groups -OCH3 is 2. The second-order valence-electron chi connectivity index (χ2n) is 7.98. The molecule has 31 heavy (non-hydrogen) atoms. The van der Waals surface area contributed by atoms with Crippen molar-refractivity contribution in [1.82, 2.24) is 0 Å². The van der Waals surface area contributed by atoms with Gasteiger partial charge in [-0.15, -0.1) is 0 Å². The first-order valence-corrected chi connectivity index (χ1v) is 20.9. The van der Waals surface area contributed by atoms with Gasteiger partial charge in [-0.05, 0) is 0 Å². The van der Waals surface area contributed by atoms with E-state index in [9.17, 15) is 0 Å².